The second-order valence-electron chi connectivity index (χ2n) is 5.92. The lowest BCUT2D eigenvalue weighted by atomic mass is 10.0. The van der Waals surface area contributed by atoms with Gasteiger partial charge in [0.05, 0.1) is 10.7 Å². The monoisotopic (exact) mass is 362 g/mol. The number of tetrazole rings is 1. The molecule has 3 rings (SSSR count). The highest BCUT2D eigenvalue weighted by molar-refractivity contribution is 6.32. The van der Waals surface area contributed by atoms with Gasteiger partial charge in [-0.1, -0.05) is 29.8 Å². The lowest BCUT2D eigenvalue weighted by molar-refractivity contribution is 0.0878. The minimum atomic E-state index is -0.665. The molecular weight excluding hydrogens is 344 g/mol. The lowest BCUT2D eigenvalue weighted by Gasteiger charge is -2.31. The van der Waals surface area contributed by atoms with Gasteiger partial charge >= 0.3 is 11.7 Å². The van der Waals surface area contributed by atoms with Crippen molar-refractivity contribution in [3.05, 3.63) is 51.5 Å². The van der Waals surface area contributed by atoms with Crippen LogP contribution in [-0.4, -0.2) is 49.9 Å². The molecule has 1 aromatic heterocycles. The second-order valence-corrected chi connectivity index (χ2v) is 6.33. The summed E-state index contributed by atoms with van der Waals surface area (Å²) in [5.41, 5.74) is 0.573. The zero-order valence-corrected chi connectivity index (χ0v) is 14.8. The van der Waals surface area contributed by atoms with Crippen molar-refractivity contribution in [2.45, 2.75) is 25.7 Å². The number of rotatable bonds is 3. The number of hydrogen-bond donors (Lipinski definition) is 0. The smallest absolute Gasteiger partial charge is 0.244 e. The summed E-state index contributed by atoms with van der Waals surface area (Å²) in [6, 6.07) is 6.19. The van der Waals surface area contributed by atoms with E-state index >= 15 is 0 Å². The number of amides is 1. The summed E-state index contributed by atoms with van der Waals surface area (Å²) < 4.78 is 1.77. The normalized spacial score (nSPS) is 14.5. The van der Waals surface area contributed by atoms with E-state index in [2.05, 4.69) is 10.4 Å². The predicted octanol–water partition coefficient (Wildman–Crippen LogP) is 2.29. The fourth-order valence-electron chi connectivity index (χ4n) is 2.80. The highest BCUT2D eigenvalue weighted by Crippen LogP contribution is 2.22. The largest absolute Gasteiger partial charge is 0.377 e. The molecule has 0 aliphatic heterocycles. The molecule has 0 N–H and O–H groups in total. The molecule has 1 aromatic carbocycles. The molecule has 0 saturated heterocycles. The van der Waals surface area contributed by atoms with Gasteiger partial charge in [-0.2, -0.15) is 4.68 Å². The van der Waals surface area contributed by atoms with Gasteiger partial charge in [-0.3, -0.25) is 0 Å². The van der Waals surface area contributed by atoms with Crippen LogP contribution in [0.1, 0.15) is 25.7 Å². The average Bonchev–Trinajstić information content (AvgIpc) is 2.97. The Kier molecular flexibility index (Phi) is 5.00. The quantitative estimate of drug-likeness (QED) is 0.618. The number of carbonyl (C=O) groups is 1. The first-order chi connectivity index (χ1) is 12.0. The Bertz CT molecular complexity index is 870. The van der Waals surface area contributed by atoms with E-state index in [1.54, 1.807) is 43.4 Å². The van der Waals surface area contributed by atoms with Gasteiger partial charge in [0, 0.05) is 19.8 Å². The van der Waals surface area contributed by atoms with Crippen molar-refractivity contribution in [3.63, 3.8) is 0 Å². The number of aromatic nitrogens is 4. The molecule has 0 spiro atoms. The molecule has 1 heterocycles. The van der Waals surface area contributed by atoms with Crippen molar-refractivity contribution < 1.29 is 4.79 Å². The Morgan fingerprint density at radius 2 is 1.96 bits per heavy atom. The maximum atomic E-state index is 12.9. The third-order valence-electron chi connectivity index (χ3n) is 3.96. The van der Waals surface area contributed by atoms with E-state index in [4.69, 9.17) is 11.6 Å². The summed E-state index contributed by atoms with van der Waals surface area (Å²) in [7, 11) is 3.49. The van der Waals surface area contributed by atoms with Crippen LogP contribution >= 0.6 is 11.6 Å². The summed E-state index contributed by atoms with van der Waals surface area (Å²) in [5, 5.41) is 11.0. The van der Waals surface area contributed by atoms with Crippen molar-refractivity contribution in [1.29, 1.82) is 0 Å². The van der Waals surface area contributed by atoms with E-state index in [1.807, 2.05) is 6.08 Å². The molecule has 0 unspecified atom stereocenters. The Labute approximate surface area is 149 Å². The fraction of sp³-hybridized carbons (Fsp3) is 0.375. The molecule has 25 heavy (non-hydrogen) atoms. The Balaban J connectivity index is 1.99. The van der Waals surface area contributed by atoms with E-state index in [0.717, 1.165) is 40.7 Å². The molecule has 0 radical (unpaired) electrons. The van der Waals surface area contributed by atoms with Crippen LogP contribution in [0.2, 0.25) is 5.02 Å². The van der Waals surface area contributed by atoms with Crippen LogP contribution in [0.4, 0.5) is 4.79 Å². The number of nitrogens with zero attached hydrogens (tertiary/aromatic N) is 6. The van der Waals surface area contributed by atoms with Crippen LogP contribution < -0.4 is 5.69 Å². The summed E-state index contributed by atoms with van der Waals surface area (Å²) >= 11 is 6.10. The fourth-order valence-corrected chi connectivity index (χ4v) is 3.01. The zero-order valence-electron chi connectivity index (χ0n) is 14.1. The summed E-state index contributed by atoms with van der Waals surface area (Å²) in [6.07, 6.45) is 5.81. The highest BCUT2D eigenvalue weighted by Gasteiger charge is 2.27. The molecular formula is C16H19ClN6O2. The van der Waals surface area contributed by atoms with E-state index < -0.39 is 11.7 Å². The van der Waals surface area contributed by atoms with Crippen LogP contribution in [0.3, 0.4) is 0 Å². The molecule has 2 aromatic rings. The SMILES string of the molecule is CN(C)N(C(=O)n1nnn(-c2ccccc2Cl)c1=O)C1=CCCCC1. The Morgan fingerprint density at radius 1 is 1.20 bits per heavy atom. The molecule has 0 fully saturated rings. The molecule has 0 saturated carbocycles. The summed E-state index contributed by atoms with van der Waals surface area (Å²) in [6.45, 7) is 0. The molecule has 9 heteroatoms. The third kappa shape index (κ3) is 3.35. The van der Waals surface area contributed by atoms with Crippen molar-refractivity contribution in [2.75, 3.05) is 14.1 Å². The van der Waals surface area contributed by atoms with Gasteiger partial charge in [-0.15, -0.1) is 4.68 Å². The van der Waals surface area contributed by atoms with Crippen LogP contribution in [-0.2, 0) is 0 Å². The van der Waals surface area contributed by atoms with E-state index in [1.165, 1.54) is 5.01 Å². The number of allylic oxidation sites excluding steroid dienone is 2. The molecule has 1 aliphatic carbocycles. The van der Waals surface area contributed by atoms with E-state index in [9.17, 15) is 9.59 Å². The highest BCUT2D eigenvalue weighted by atomic mass is 35.5. The number of hydrazine groups is 1. The van der Waals surface area contributed by atoms with Crippen LogP contribution in [0.5, 0.6) is 0 Å². The maximum Gasteiger partial charge on any atom is 0.377 e. The molecule has 1 aliphatic rings. The second kappa shape index (κ2) is 7.20. The molecule has 132 valence electrons. The Morgan fingerprint density at radius 3 is 2.60 bits per heavy atom. The molecule has 8 nitrogen and oxygen atoms in total. The lowest BCUT2D eigenvalue weighted by Crippen LogP contribution is -2.47. The van der Waals surface area contributed by atoms with Gasteiger partial charge in [0.25, 0.3) is 0 Å². The average molecular weight is 363 g/mol. The predicted molar refractivity (Wildman–Crippen MR) is 93.5 cm³/mol. The maximum absolute atomic E-state index is 12.9. The minimum absolute atomic E-state index is 0.351. The minimum Gasteiger partial charge on any atom is -0.244 e. The first kappa shape index (κ1) is 17.4. The van der Waals surface area contributed by atoms with Crippen LogP contribution in [0.15, 0.2) is 40.8 Å². The van der Waals surface area contributed by atoms with Crippen LogP contribution in [0, 0.1) is 0 Å². The summed E-state index contributed by atoms with van der Waals surface area (Å²) in [4.78, 5) is 25.5. The number of para-hydroxylation sites is 1. The van der Waals surface area contributed by atoms with E-state index in [0.29, 0.717) is 10.7 Å². The van der Waals surface area contributed by atoms with Gasteiger partial charge in [0.2, 0.25) is 0 Å². The number of halogens is 1. The van der Waals surface area contributed by atoms with Crippen LogP contribution in [0.25, 0.3) is 5.69 Å². The first-order valence-corrected chi connectivity index (χ1v) is 8.39. The topological polar surface area (TPSA) is 76.3 Å². The third-order valence-corrected chi connectivity index (χ3v) is 4.28. The van der Waals surface area contributed by atoms with E-state index in [-0.39, 0.29) is 0 Å². The zero-order chi connectivity index (χ0) is 18.0. The molecule has 0 bridgehead atoms. The summed E-state index contributed by atoms with van der Waals surface area (Å²) in [5.74, 6) is 0. The van der Waals surface area contributed by atoms with Crippen molar-refractivity contribution >= 4 is 17.6 Å². The van der Waals surface area contributed by atoms with Gasteiger partial charge in [0.15, 0.2) is 0 Å². The van der Waals surface area contributed by atoms with Gasteiger partial charge in [0.1, 0.15) is 0 Å². The van der Waals surface area contributed by atoms with Crippen molar-refractivity contribution in [1.82, 2.24) is 29.8 Å². The standard InChI is InChI=1S/C16H19ClN6O2/c1-20(2)23(12-8-4-3-5-9-12)16(25)22-15(24)21(18-19-22)14-11-7-6-10-13(14)17/h6-8,10-11H,3-5,9H2,1-2H3. The molecule has 0 atom stereocenters. The Hall–Kier alpha value is -2.45. The number of benzene rings is 1. The van der Waals surface area contributed by atoms with Gasteiger partial charge in [-0.05, 0) is 48.2 Å². The van der Waals surface area contributed by atoms with Crippen molar-refractivity contribution in [3.8, 4) is 5.69 Å². The number of hydrogen-bond acceptors (Lipinski definition) is 5. The number of carbonyl (C=O) groups excluding carboxylic acids is 1. The first-order valence-electron chi connectivity index (χ1n) is 8.01. The molecule has 1 amide bonds. The van der Waals surface area contributed by atoms with Gasteiger partial charge in [-0.25, -0.2) is 19.6 Å². The van der Waals surface area contributed by atoms with Crippen molar-refractivity contribution in [2.24, 2.45) is 0 Å². The van der Waals surface area contributed by atoms with Gasteiger partial charge < -0.3 is 0 Å².